The lowest BCUT2D eigenvalue weighted by Gasteiger charge is -2.22. The summed E-state index contributed by atoms with van der Waals surface area (Å²) in [6.45, 7) is 2.80. The van der Waals surface area contributed by atoms with Gasteiger partial charge in [0.05, 0.1) is 12.0 Å². The third-order valence-electron chi connectivity index (χ3n) is 4.50. The molecule has 21 heavy (non-hydrogen) atoms. The lowest BCUT2D eigenvalue weighted by atomic mass is 9.87. The summed E-state index contributed by atoms with van der Waals surface area (Å²) < 4.78 is 45.3. The SMILES string of the molecule is COc1ccc(S(=O)(=O)N2CCC3(CCNC3)C2)cc1F. The van der Waals surface area contributed by atoms with Crippen molar-refractivity contribution in [2.75, 3.05) is 33.3 Å². The maximum absolute atomic E-state index is 13.7. The fraction of sp³-hybridized carbons (Fsp3) is 0.571. The van der Waals surface area contributed by atoms with E-state index in [2.05, 4.69) is 5.32 Å². The molecule has 0 bridgehead atoms. The molecule has 116 valence electrons. The summed E-state index contributed by atoms with van der Waals surface area (Å²) in [5.74, 6) is -0.609. The molecule has 2 heterocycles. The minimum absolute atomic E-state index is 0.0104. The second-order valence-electron chi connectivity index (χ2n) is 5.81. The molecule has 1 N–H and O–H groups in total. The number of hydrogen-bond donors (Lipinski definition) is 1. The first-order valence-corrected chi connectivity index (χ1v) is 8.45. The van der Waals surface area contributed by atoms with Gasteiger partial charge in [0, 0.05) is 19.6 Å². The van der Waals surface area contributed by atoms with Gasteiger partial charge in [-0.15, -0.1) is 0 Å². The molecular weight excluding hydrogens is 295 g/mol. The van der Waals surface area contributed by atoms with Gasteiger partial charge in [0.2, 0.25) is 10.0 Å². The fourth-order valence-electron chi connectivity index (χ4n) is 3.20. The minimum atomic E-state index is -3.64. The van der Waals surface area contributed by atoms with Gasteiger partial charge in [0.1, 0.15) is 0 Å². The van der Waals surface area contributed by atoms with Gasteiger partial charge >= 0.3 is 0 Å². The molecule has 2 saturated heterocycles. The van der Waals surface area contributed by atoms with E-state index in [-0.39, 0.29) is 16.1 Å². The van der Waals surface area contributed by atoms with Crippen LogP contribution in [0.5, 0.6) is 5.75 Å². The van der Waals surface area contributed by atoms with Crippen LogP contribution in [0.1, 0.15) is 12.8 Å². The molecule has 2 fully saturated rings. The van der Waals surface area contributed by atoms with E-state index in [1.165, 1.54) is 23.5 Å². The van der Waals surface area contributed by atoms with Gasteiger partial charge in [-0.3, -0.25) is 0 Å². The van der Waals surface area contributed by atoms with Crippen molar-refractivity contribution >= 4 is 10.0 Å². The molecule has 1 aromatic rings. The number of sulfonamides is 1. The zero-order valence-corrected chi connectivity index (χ0v) is 12.7. The zero-order valence-electron chi connectivity index (χ0n) is 11.9. The predicted molar refractivity (Wildman–Crippen MR) is 76.2 cm³/mol. The Kier molecular flexibility index (Phi) is 3.67. The highest BCUT2D eigenvalue weighted by atomic mass is 32.2. The van der Waals surface area contributed by atoms with E-state index < -0.39 is 15.8 Å². The Morgan fingerprint density at radius 3 is 2.81 bits per heavy atom. The summed E-state index contributed by atoms with van der Waals surface area (Å²) in [5.41, 5.74) is 0.0537. The van der Waals surface area contributed by atoms with Crippen LogP contribution in [0.4, 0.5) is 4.39 Å². The Morgan fingerprint density at radius 2 is 2.19 bits per heavy atom. The normalized spacial score (nSPS) is 26.6. The Morgan fingerprint density at radius 1 is 1.38 bits per heavy atom. The second kappa shape index (κ2) is 5.23. The smallest absolute Gasteiger partial charge is 0.243 e. The molecular formula is C14H19FN2O3S. The minimum Gasteiger partial charge on any atom is -0.494 e. The molecule has 0 aliphatic carbocycles. The van der Waals surface area contributed by atoms with E-state index in [0.29, 0.717) is 13.1 Å². The third-order valence-corrected chi connectivity index (χ3v) is 6.34. The first-order chi connectivity index (χ1) is 9.97. The van der Waals surface area contributed by atoms with E-state index in [9.17, 15) is 12.8 Å². The number of nitrogens with one attached hydrogen (secondary N) is 1. The lowest BCUT2D eigenvalue weighted by molar-refractivity contribution is 0.338. The predicted octanol–water partition coefficient (Wildman–Crippen LogP) is 1.21. The van der Waals surface area contributed by atoms with E-state index in [4.69, 9.17) is 4.74 Å². The molecule has 0 radical (unpaired) electrons. The average molecular weight is 314 g/mol. The Balaban J connectivity index is 1.86. The number of benzene rings is 1. The molecule has 2 aliphatic rings. The van der Waals surface area contributed by atoms with Gasteiger partial charge in [-0.05, 0) is 43.0 Å². The van der Waals surface area contributed by atoms with E-state index in [1.54, 1.807) is 0 Å². The van der Waals surface area contributed by atoms with Gasteiger partial charge in [0.15, 0.2) is 11.6 Å². The van der Waals surface area contributed by atoms with Crippen LogP contribution in [0.2, 0.25) is 0 Å². The van der Waals surface area contributed by atoms with Gasteiger partial charge in [-0.2, -0.15) is 4.31 Å². The summed E-state index contributed by atoms with van der Waals surface area (Å²) in [5, 5.41) is 3.29. The highest BCUT2D eigenvalue weighted by Gasteiger charge is 2.44. The molecule has 1 atom stereocenters. The van der Waals surface area contributed by atoms with Crippen LogP contribution in [0, 0.1) is 11.2 Å². The van der Waals surface area contributed by atoms with Crippen molar-refractivity contribution in [2.45, 2.75) is 17.7 Å². The number of hydrogen-bond acceptors (Lipinski definition) is 4. The highest BCUT2D eigenvalue weighted by Crippen LogP contribution is 2.38. The molecule has 1 unspecified atom stereocenters. The topological polar surface area (TPSA) is 58.6 Å². The molecule has 1 spiro atoms. The average Bonchev–Trinajstić information content (AvgIpc) is 3.10. The van der Waals surface area contributed by atoms with Gasteiger partial charge in [-0.25, -0.2) is 12.8 Å². The molecule has 5 nitrogen and oxygen atoms in total. The number of halogens is 1. The van der Waals surface area contributed by atoms with Gasteiger partial charge in [-0.1, -0.05) is 0 Å². The number of nitrogens with zero attached hydrogens (tertiary/aromatic N) is 1. The van der Waals surface area contributed by atoms with Gasteiger partial charge in [0.25, 0.3) is 0 Å². The summed E-state index contributed by atoms with van der Waals surface area (Å²) >= 11 is 0. The monoisotopic (exact) mass is 314 g/mol. The maximum atomic E-state index is 13.7. The van der Waals surface area contributed by atoms with Crippen molar-refractivity contribution in [3.8, 4) is 5.75 Å². The number of methoxy groups -OCH3 is 1. The van der Waals surface area contributed by atoms with Crippen molar-refractivity contribution in [1.29, 1.82) is 0 Å². The Hall–Kier alpha value is -1.18. The standard InChI is InChI=1S/C14H19FN2O3S/c1-20-13-3-2-11(8-12(13)15)21(18,19)17-7-5-14(10-17)4-6-16-9-14/h2-3,8,16H,4-7,9-10H2,1H3. The van der Waals surface area contributed by atoms with Crippen molar-refractivity contribution in [2.24, 2.45) is 5.41 Å². The van der Waals surface area contributed by atoms with Crippen LogP contribution in [0.3, 0.4) is 0 Å². The molecule has 0 aromatic heterocycles. The van der Waals surface area contributed by atoms with Crippen LogP contribution >= 0.6 is 0 Å². The first kappa shape index (κ1) is 14.7. The molecule has 2 aliphatic heterocycles. The van der Waals surface area contributed by atoms with Crippen LogP contribution in [0.25, 0.3) is 0 Å². The van der Waals surface area contributed by atoms with Crippen LogP contribution in [-0.2, 0) is 10.0 Å². The fourth-order valence-corrected chi connectivity index (χ4v) is 4.77. The van der Waals surface area contributed by atoms with Gasteiger partial charge < -0.3 is 10.1 Å². The summed E-state index contributed by atoms with van der Waals surface area (Å²) in [4.78, 5) is -0.0104. The van der Waals surface area contributed by atoms with Crippen molar-refractivity contribution < 1.29 is 17.5 Å². The van der Waals surface area contributed by atoms with E-state index in [0.717, 1.165) is 32.0 Å². The molecule has 3 rings (SSSR count). The number of ether oxygens (including phenoxy) is 1. The lowest BCUT2D eigenvalue weighted by Crippen LogP contribution is -2.33. The maximum Gasteiger partial charge on any atom is 0.243 e. The molecule has 0 amide bonds. The Labute approximate surface area is 124 Å². The second-order valence-corrected chi connectivity index (χ2v) is 7.75. The summed E-state index contributed by atoms with van der Waals surface area (Å²) in [7, 11) is -2.29. The third kappa shape index (κ3) is 2.54. The molecule has 1 aromatic carbocycles. The Bertz CT molecular complexity index is 642. The van der Waals surface area contributed by atoms with Crippen LogP contribution < -0.4 is 10.1 Å². The first-order valence-electron chi connectivity index (χ1n) is 7.01. The number of rotatable bonds is 3. The van der Waals surface area contributed by atoms with Crippen LogP contribution in [0.15, 0.2) is 23.1 Å². The highest BCUT2D eigenvalue weighted by molar-refractivity contribution is 7.89. The summed E-state index contributed by atoms with van der Waals surface area (Å²) in [6.07, 6.45) is 1.86. The van der Waals surface area contributed by atoms with Crippen molar-refractivity contribution in [3.63, 3.8) is 0 Å². The summed E-state index contributed by atoms with van der Waals surface area (Å²) in [6, 6.07) is 3.78. The van der Waals surface area contributed by atoms with E-state index in [1.807, 2.05) is 0 Å². The van der Waals surface area contributed by atoms with E-state index >= 15 is 0 Å². The molecule has 7 heteroatoms. The van der Waals surface area contributed by atoms with Crippen molar-refractivity contribution in [3.05, 3.63) is 24.0 Å². The zero-order chi connectivity index (χ0) is 15.1. The van der Waals surface area contributed by atoms with Crippen molar-refractivity contribution in [1.82, 2.24) is 9.62 Å². The van der Waals surface area contributed by atoms with Crippen LogP contribution in [-0.4, -0.2) is 46.0 Å². The largest absolute Gasteiger partial charge is 0.494 e. The quantitative estimate of drug-likeness (QED) is 0.911. The molecule has 0 saturated carbocycles.